The van der Waals surface area contributed by atoms with Crippen LogP contribution < -0.4 is 10.7 Å². The minimum Gasteiger partial charge on any atom is -0.342 e. The number of hydrazone groups is 1. The number of para-hydroxylation sites is 1. The number of amides is 1. The van der Waals surface area contributed by atoms with Crippen LogP contribution in [0.4, 0.5) is 5.69 Å². The fourth-order valence-corrected chi connectivity index (χ4v) is 3.66. The largest absolute Gasteiger partial charge is 0.342 e. The normalized spacial score (nSPS) is 11.2. The maximum Gasteiger partial charge on any atom is 0.273 e. The minimum absolute atomic E-state index is 0.279. The van der Waals surface area contributed by atoms with Crippen LogP contribution in [-0.4, -0.2) is 30.9 Å². The summed E-state index contributed by atoms with van der Waals surface area (Å²) in [6.45, 7) is 0.626. The Morgan fingerprint density at radius 3 is 2.42 bits per heavy atom. The molecule has 4 rings (SSSR count). The lowest BCUT2D eigenvalue weighted by molar-refractivity contribution is -0.0433. The van der Waals surface area contributed by atoms with Crippen molar-refractivity contribution in [3.05, 3.63) is 101 Å². The Bertz CT molecular complexity index is 1260. The Kier molecular flexibility index (Phi) is 7.04. The van der Waals surface area contributed by atoms with E-state index in [0.717, 1.165) is 27.7 Å². The van der Waals surface area contributed by atoms with Gasteiger partial charge in [-0.25, -0.2) is 5.43 Å². The first-order valence-corrected chi connectivity index (χ1v) is 10.6. The summed E-state index contributed by atoms with van der Waals surface area (Å²) in [5.41, 5.74) is 6.79. The topological polar surface area (TPSA) is 68.1 Å². The van der Waals surface area contributed by atoms with Crippen LogP contribution in [0.3, 0.4) is 0 Å². The van der Waals surface area contributed by atoms with Gasteiger partial charge in [-0.05, 0) is 41.5 Å². The fourth-order valence-electron chi connectivity index (χ4n) is 3.54. The van der Waals surface area contributed by atoms with Crippen LogP contribution in [0.1, 0.15) is 21.5 Å². The van der Waals surface area contributed by atoms with Crippen molar-refractivity contribution in [1.29, 1.82) is 0 Å². The molecule has 1 heterocycles. The van der Waals surface area contributed by atoms with Crippen LogP contribution in [0.25, 0.3) is 10.9 Å². The number of fused-ring (bicyclic) bond motifs is 1. The summed E-state index contributed by atoms with van der Waals surface area (Å²) in [6.07, 6.45) is 3.43. The Morgan fingerprint density at radius 2 is 1.73 bits per heavy atom. The Balaban J connectivity index is 1.49. The zero-order valence-electron chi connectivity index (χ0n) is 18.2. The van der Waals surface area contributed by atoms with Crippen molar-refractivity contribution in [3.8, 4) is 0 Å². The van der Waals surface area contributed by atoms with Crippen molar-refractivity contribution in [2.45, 2.75) is 6.54 Å². The second-order valence-electron chi connectivity index (χ2n) is 7.23. The number of halogens is 1. The van der Waals surface area contributed by atoms with Gasteiger partial charge in [0.25, 0.3) is 5.91 Å². The number of nitrogens with zero attached hydrogens (tertiary/aromatic N) is 3. The fraction of sp³-hybridized carbons (Fsp3) is 0.120. The molecule has 0 aliphatic rings. The Labute approximate surface area is 196 Å². The number of nitrogens with one attached hydrogen (secondary N) is 1. The molecule has 1 amide bonds. The van der Waals surface area contributed by atoms with E-state index in [0.29, 0.717) is 17.1 Å². The summed E-state index contributed by atoms with van der Waals surface area (Å²) in [6, 6.07) is 22.8. The highest BCUT2D eigenvalue weighted by Gasteiger charge is 2.14. The first kappa shape index (κ1) is 22.5. The van der Waals surface area contributed by atoms with Crippen molar-refractivity contribution in [3.63, 3.8) is 0 Å². The highest BCUT2D eigenvalue weighted by molar-refractivity contribution is 6.30. The lowest BCUT2D eigenvalue weighted by atomic mass is 10.1. The van der Waals surface area contributed by atoms with E-state index in [9.17, 15) is 4.79 Å². The van der Waals surface area contributed by atoms with Gasteiger partial charge in [-0.15, -0.1) is 5.23 Å². The van der Waals surface area contributed by atoms with E-state index in [1.807, 2.05) is 83.6 Å². The molecule has 0 saturated carbocycles. The molecule has 7 nitrogen and oxygen atoms in total. The van der Waals surface area contributed by atoms with E-state index in [1.165, 1.54) is 19.4 Å². The van der Waals surface area contributed by atoms with Crippen LogP contribution in [0.2, 0.25) is 5.02 Å². The number of hydrogen-bond donors (Lipinski definition) is 1. The lowest BCUT2D eigenvalue weighted by Crippen LogP contribution is -2.19. The molecule has 4 aromatic rings. The first-order valence-electron chi connectivity index (χ1n) is 10.2. The molecular weight excluding hydrogens is 440 g/mol. The maximum atomic E-state index is 12.9. The summed E-state index contributed by atoms with van der Waals surface area (Å²) in [5, 5.41) is 6.95. The number of aromatic nitrogens is 1. The van der Waals surface area contributed by atoms with Crippen molar-refractivity contribution in [1.82, 2.24) is 9.99 Å². The summed E-state index contributed by atoms with van der Waals surface area (Å²) in [5.74, 6) is -0.279. The molecule has 0 fully saturated rings. The smallest absolute Gasteiger partial charge is 0.273 e. The predicted molar refractivity (Wildman–Crippen MR) is 130 cm³/mol. The molecule has 0 saturated heterocycles. The van der Waals surface area contributed by atoms with Crippen LogP contribution in [0, 0.1) is 0 Å². The number of carbonyl (C=O) groups excluding carboxylic acids is 1. The number of hydrogen-bond acceptors (Lipinski definition) is 5. The molecule has 0 aliphatic carbocycles. The third-order valence-corrected chi connectivity index (χ3v) is 5.37. The summed E-state index contributed by atoms with van der Waals surface area (Å²) >= 11 is 6.00. The molecule has 8 heteroatoms. The van der Waals surface area contributed by atoms with Gasteiger partial charge in [-0.2, -0.15) is 5.10 Å². The number of benzene rings is 3. The van der Waals surface area contributed by atoms with E-state index >= 15 is 0 Å². The number of carbonyl (C=O) groups is 1. The van der Waals surface area contributed by atoms with Crippen molar-refractivity contribution in [2.75, 3.05) is 19.4 Å². The zero-order chi connectivity index (χ0) is 23.2. The molecule has 168 valence electrons. The number of rotatable bonds is 8. The molecule has 0 spiro atoms. The molecule has 0 atom stereocenters. The van der Waals surface area contributed by atoms with Gasteiger partial charge in [0, 0.05) is 28.7 Å². The van der Waals surface area contributed by atoms with Gasteiger partial charge in [-0.3, -0.25) is 14.5 Å². The maximum absolute atomic E-state index is 12.9. The quantitative estimate of drug-likeness (QED) is 0.294. The van der Waals surface area contributed by atoms with Gasteiger partial charge in [-0.1, -0.05) is 54.1 Å². The highest BCUT2D eigenvalue weighted by atomic mass is 35.5. The van der Waals surface area contributed by atoms with Crippen LogP contribution in [-0.2, 0) is 16.2 Å². The van der Waals surface area contributed by atoms with Gasteiger partial charge in [0.2, 0.25) is 0 Å². The summed E-state index contributed by atoms with van der Waals surface area (Å²) in [7, 11) is 3.03. The second kappa shape index (κ2) is 10.3. The molecule has 0 radical (unpaired) electrons. The highest BCUT2D eigenvalue weighted by Crippen LogP contribution is 2.23. The van der Waals surface area contributed by atoms with Gasteiger partial charge in [0.05, 0.1) is 31.7 Å². The van der Waals surface area contributed by atoms with Crippen molar-refractivity contribution >= 4 is 40.3 Å². The van der Waals surface area contributed by atoms with Gasteiger partial charge in [0.1, 0.15) is 0 Å². The molecule has 0 bridgehead atoms. The summed E-state index contributed by atoms with van der Waals surface area (Å²) < 4.78 is 2.05. The predicted octanol–water partition coefficient (Wildman–Crippen LogP) is 5.04. The van der Waals surface area contributed by atoms with Gasteiger partial charge in [0.15, 0.2) is 0 Å². The van der Waals surface area contributed by atoms with Crippen LogP contribution in [0.15, 0.2) is 84.1 Å². The Morgan fingerprint density at radius 1 is 1.03 bits per heavy atom. The summed E-state index contributed by atoms with van der Waals surface area (Å²) in [4.78, 5) is 23.0. The molecular formula is C25H23ClN4O3. The van der Waals surface area contributed by atoms with Crippen molar-refractivity contribution < 1.29 is 14.5 Å². The minimum atomic E-state index is -0.279. The van der Waals surface area contributed by atoms with E-state index in [2.05, 4.69) is 10.5 Å². The molecule has 0 unspecified atom stereocenters. The van der Waals surface area contributed by atoms with Gasteiger partial charge >= 0.3 is 0 Å². The number of anilines is 1. The SMILES string of the molecule is CON(OC)c1ccc(/C=N/NC(=O)c2cn(Cc3ccc(Cl)cc3)c3ccccc23)cc1. The third kappa shape index (κ3) is 5.23. The lowest BCUT2D eigenvalue weighted by Gasteiger charge is -2.17. The van der Waals surface area contributed by atoms with Crippen LogP contribution >= 0.6 is 11.6 Å². The van der Waals surface area contributed by atoms with E-state index in [1.54, 1.807) is 6.21 Å². The molecule has 33 heavy (non-hydrogen) atoms. The average molecular weight is 463 g/mol. The zero-order valence-corrected chi connectivity index (χ0v) is 19.0. The second-order valence-corrected chi connectivity index (χ2v) is 7.66. The van der Waals surface area contributed by atoms with E-state index in [-0.39, 0.29) is 5.91 Å². The van der Waals surface area contributed by atoms with E-state index < -0.39 is 0 Å². The third-order valence-electron chi connectivity index (χ3n) is 5.11. The first-order chi connectivity index (χ1) is 16.1. The van der Waals surface area contributed by atoms with Crippen molar-refractivity contribution in [2.24, 2.45) is 5.10 Å². The van der Waals surface area contributed by atoms with Gasteiger partial charge < -0.3 is 4.57 Å². The Hall–Kier alpha value is -3.65. The van der Waals surface area contributed by atoms with Crippen LogP contribution in [0.5, 0.6) is 0 Å². The molecule has 1 aromatic heterocycles. The molecule has 3 aromatic carbocycles. The monoisotopic (exact) mass is 462 g/mol. The molecule has 1 N–H and O–H groups in total. The van der Waals surface area contributed by atoms with E-state index in [4.69, 9.17) is 21.3 Å². The average Bonchev–Trinajstić information content (AvgIpc) is 3.21. The standard InChI is InChI=1S/C25H23ClN4O3/c1-32-30(33-2)21-13-9-18(10-14-21)15-27-28-25(31)23-17-29(24-6-4-3-5-22(23)24)16-19-7-11-20(26)12-8-19/h3-15,17H,16H2,1-2H3,(H,28,31)/b27-15+. The molecule has 0 aliphatic heterocycles.